The van der Waals surface area contributed by atoms with Crippen molar-refractivity contribution < 1.29 is 22.9 Å². The Labute approximate surface area is 213 Å². The third-order valence-corrected chi connectivity index (χ3v) is 6.99. The van der Waals surface area contributed by atoms with Gasteiger partial charge in [-0.2, -0.15) is 0 Å². The topological polar surface area (TPSA) is 130 Å². The molecule has 0 aliphatic carbocycles. The zero-order valence-corrected chi connectivity index (χ0v) is 22.4. The van der Waals surface area contributed by atoms with Gasteiger partial charge in [-0.1, -0.05) is 41.1 Å². The standard InChI is InChI=1S/C23H29BrN4O6S/c1-5-12-25-23(30)17(3)26(14-18-7-9-19(24)10-8-18)22(29)15-27(35(4,33)34)21-13-20(28(31)32)11-6-16(21)2/h6-11,13,17H,5,12,14-15H2,1-4H3,(H,25,30). The Hall–Kier alpha value is -2.99. The minimum Gasteiger partial charge on any atom is -0.354 e. The molecule has 0 saturated carbocycles. The number of benzene rings is 2. The third-order valence-electron chi connectivity index (χ3n) is 5.33. The lowest BCUT2D eigenvalue weighted by molar-refractivity contribution is -0.384. The van der Waals surface area contributed by atoms with Crippen LogP contribution in [0.4, 0.5) is 11.4 Å². The molecule has 0 radical (unpaired) electrons. The van der Waals surface area contributed by atoms with E-state index in [1.807, 2.05) is 6.92 Å². The van der Waals surface area contributed by atoms with Crippen molar-refractivity contribution in [1.29, 1.82) is 0 Å². The molecule has 12 heteroatoms. The van der Waals surface area contributed by atoms with Crippen molar-refractivity contribution in [3.63, 3.8) is 0 Å². The Kier molecular flexibility index (Phi) is 9.78. The summed E-state index contributed by atoms with van der Waals surface area (Å²) >= 11 is 3.36. The smallest absolute Gasteiger partial charge is 0.271 e. The first-order valence-corrected chi connectivity index (χ1v) is 13.5. The van der Waals surface area contributed by atoms with E-state index >= 15 is 0 Å². The summed E-state index contributed by atoms with van der Waals surface area (Å²) < 4.78 is 27.0. The van der Waals surface area contributed by atoms with Crippen molar-refractivity contribution >= 4 is 49.1 Å². The van der Waals surface area contributed by atoms with Gasteiger partial charge in [0, 0.05) is 29.7 Å². The van der Waals surface area contributed by atoms with Gasteiger partial charge in [-0.25, -0.2) is 8.42 Å². The van der Waals surface area contributed by atoms with Crippen LogP contribution in [0.3, 0.4) is 0 Å². The van der Waals surface area contributed by atoms with E-state index in [4.69, 9.17) is 0 Å². The van der Waals surface area contributed by atoms with E-state index in [0.717, 1.165) is 26.7 Å². The maximum absolute atomic E-state index is 13.5. The Morgan fingerprint density at radius 3 is 2.34 bits per heavy atom. The molecule has 1 unspecified atom stereocenters. The number of hydrogen-bond donors (Lipinski definition) is 1. The molecule has 2 amide bonds. The summed E-state index contributed by atoms with van der Waals surface area (Å²) in [6.45, 7) is 4.96. The molecule has 0 aliphatic rings. The Balaban J connectivity index is 2.45. The lowest BCUT2D eigenvalue weighted by atomic mass is 10.1. The molecule has 1 atom stereocenters. The number of nitrogens with one attached hydrogen (secondary N) is 1. The molecule has 10 nitrogen and oxygen atoms in total. The van der Waals surface area contributed by atoms with Crippen molar-refractivity contribution in [2.45, 2.75) is 39.8 Å². The molecule has 1 N–H and O–H groups in total. The number of halogens is 1. The first kappa shape index (κ1) is 28.2. The van der Waals surface area contributed by atoms with Gasteiger partial charge < -0.3 is 10.2 Å². The van der Waals surface area contributed by atoms with Crippen LogP contribution in [0.15, 0.2) is 46.9 Å². The van der Waals surface area contributed by atoms with E-state index in [2.05, 4.69) is 21.2 Å². The second-order valence-corrected chi connectivity index (χ2v) is 10.9. The van der Waals surface area contributed by atoms with Gasteiger partial charge in [0.25, 0.3) is 5.69 Å². The van der Waals surface area contributed by atoms with Crippen LogP contribution >= 0.6 is 15.9 Å². The number of nitro benzene ring substituents is 1. The summed E-state index contributed by atoms with van der Waals surface area (Å²) in [5.74, 6) is -0.988. The van der Waals surface area contributed by atoms with Gasteiger partial charge in [-0.15, -0.1) is 0 Å². The average molecular weight is 569 g/mol. The molecule has 0 bridgehead atoms. The summed E-state index contributed by atoms with van der Waals surface area (Å²) in [4.78, 5) is 38.1. The van der Waals surface area contributed by atoms with E-state index in [1.165, 1.54) is 17.0 Å². The highest BCUT2D eigenvalue weighted by molar-refractivity contribution is 9.10. The molecule has 0 spiro atoms. The van der Waals surface area contributed by atoms with Gasteiger partial charge in [0.05, 0.1) is 16.9 Å². The highest BCUT2D eigenvalue weighted by atomic mass is 79.9. The summed E-state index contributed by atoms with van der Waals surface area (Å²) in [6, 6.07) is 10.1. The first-order valence-electron chi connectivity index (χ1n) is 10.9. The fraction of sp³-hybridized carbons (Fsp3) is 0.391. The number of aryl methyl sites for hydroxylation is 1. The fourth-order valence-electron chi connectivity index (χ4n) is 3.34. The van der Waals surface area contributed by atoms with Gasteiger partial charge >= 0.3 is 0 Å². The van der Waals surface area contributed by atoms with Crippen molar-refractivity contribution in [3.8, 4) is 0 Å². The maximum Gasteiger partial charge on any atom is 0.271 e. The van der Waals surface area contributed by atoms with E-state index in [-0.39, 0.29) is 23.8 Å². The monoisotopic (exact) mass is 568 g/mol. The number of carbonyl (C=O) groups is 2. The molecule has 0 fully saturated rings. The number of amides is 2. The van der Waals surface area contributed by atoms with Gasteiger partial charge in [-0.3, -0.25) is 24.0 Å². The minimum absolute atomic E-state index is 0.0294. The predicted molar refractivity (Wildman–Crippen MR) is 137 cm³/mol. The number of carbonyl (C=O) groups excluding carboxylic acids is 2. The highest BCUT2D eigenvalue weighted by Gasteiger charge is 2.31. The molecule has 35 heavy (non-hydrogen) atoms. The molecule has 2 aromatic rings. The molecule has 0 heterocycles. The van der Waals surface area contributed by atoms with Crippen LogP contribution in [0.5, 0.6) is 0 Å². The Bertz CT molecular complexity index is 1190. The molecule has 0 aromatic heterocycles. The molecule has 190 valence electrons. The predicted octanol–water partition coefficient (Wildman–Crippen LogP) is 3.38. The van der Waals surface area contributed by atoms with Gasteiger partial charge in [0.15, 0.2) is 0 Å². The lowest BCUT2D eigenvalue weighted by Crippen LogP contribution is -2.51. The molecule has 2 rings (SSSR count). The minimum atomic E-state index is -3.99. The first-order chi connectivity index (χ1) is 16.3. The summed E-state index contributed by atoms with van der Waals surface area (Å²) in [7, 11) is -3.99. The van der Waals surface area contributed by atoms with E-state index < -0.39 is 33.4 Å². The lowest BCUT2D eigenvalue weighted by Gasteiger charge is -2.31. The Morgan fingerprint density at radius 1 is 1.17 bits per heavy atom. The zero-order valence-electron chi connectivity index (χ0n) is 20.0. The highest BCUT2D eigenvalue weighted by Crippen LogP contribution is 2.28. The van der Waals surface area contributed by atoms with Gasteiger partial charge in [-0.05, 0) is 43.5 Å². The number of nitrogens with zero attached hydrogens (tertiary/aromatic N) is 3. The number of sulfonamides is 1. The van der Waals surface area contributed by atoms with Crippen molar-refractivity contribution in [3.05, 3.63) is 68.2 Å². The second kappa shape index (κ2) is 12.1. The van der Waals surface area contributed by atoms with Crippen LogP contribution in [0.2, 0.25) is 0 Å². The van der Waals surface area contributed by atoms with Crippen LogP contribution < -0.4 is 9.62 Å². The van der Waals surface area contributed by atoms with E-state index in [0.29, 0.717) is 18.5 Å². The molecule has 0 saturated heterocycles. The SMILES string of the molecule is CCCNC(=O)C(C)N(Cc1ccc(Br)cc1)C(=O)CN(c1cc([N+](=O)[O-])ccc1C)S(C)(=O)=O. The summed E-state index contributed by atoms with van der Waals surface area (Å²) in [6.07, 6.45) is 1.64. The van der Waals surface area contributed by atoms with E-state index in [9.17, 15) is 28.1 Å². The normalized spacial score (nSPS) is 12.0. The summed E-state index contributed by atoms with van der Waals surface area (Å²) in [5, 5.41) is 14.0. The van der Waals surface area contributed by atoms with Crippen LogP contribution in [0.25, 0.3) is 0 Å². The quantitative estimate of drug-likeness (QED) is 0.326. The average Bonchev–Trinajstić information content (AvgIpc) is 2.79. The Morgan fingerprint density at radius 2 is 1.80 bits per heavy atom. The van der Waals surface area contributed by atoms with Gasteiger partial charge in [0.1, 0.15) is 12.6 Å². The summed E-state index contributed by atoms with van der Waals surface area (Å²) in [5.41, 5.74) is 0.920. The van der Waals surface area contributed by atoms with Gasteiger partial charge in [0.2, 0.25) is 21.8 Å². The number of hydrogen-bond acceptors (Lipinski definition) is 6. The van der Waals surface area contributed by atoms with Crippen molar-refractivity contribution in [2.75, 3.05) is 23.7 Å². The van der Waals surface area contributed by atoms with Crippen LogP contribution in [-0.2, 0) is 26.2 Å². The molecule has 2 aromatic carbocycles. The fourth-order valence-corrected chi connectivity index (χ4v) is 4.50. The third kappa shape index (κ3) is 7.76. The second-order valence-electron chi connectivity index (χ2n) is 8.11. The largest absolute Gasteiger partial charge is 0.354 e. The number of nitro groups is 1. The molecular formula is C23H29BrN4O6S. The number of non-ortho nitro benzene ring substituents is 1. The van der Waals surface area contributed by atoms with Crippen LogP contribution in [-0.4, -0.2) is 55.4 Å². The molecule has 0 aliphatic heterocycles. The number of rotatable bonds is 11. The van der Waals surface area contributed by atoms with E-state index in [1.54, 1.807) is 38.1 Å². The van der Waals surface area contributed by atoms with Crippen LogP contribution in [0.1, 0.15) is 31.4 Å². The number of anilines is 1. The van der Waals surface area contributed by atoms with Crippen LogP contribution in [0, 0.1) is 17.0 Å². The zero-order chi connectivity index (χ0) is 26.3. The molecular weight excluding hydrogens is 540 g/mol. The van der Waals surface area contributed by atoms with Crippen molar-refractivity contribution in [1.82, 2.24) is 10.2 Å². The van der Waals surface area contributed by atoms with Crippen molar-refractivity contribution in [2.24, 2.45) is 0 Å². The maximum atomic E-state index is 13.5.